The van der Waals surface area contributed by atoms with Crippen LogP contribution in [0.25, 0.3) is 0 Å². The molecule has 2 heterocycles. The highest BCUT2D eigenvalue weighted by Crippen LogP contribution is 2.18. The van der Waals surface area contributed by atoms with Crippen LogP contribution in [0.2, 0.25) is 0 Å². The van der Waals surface area contributed by atoms with E-state index in [-0.39, 0.29) is 0 Å². The number of likely N-dealkylation sites (tertiary alicyclic amines) is 1. The van der Waals surface area contributed by atoms with Gasteiger partial charge in [-0.15, -0.1) is 0 Å². The average molecular weight is 158 g/mol. The fraction of sp³-hybridized carbons (Fsp3) is 1.00. The van der Waals surface area contributed by atoms with Crippen molar-refractivity contribution in [1.82, 2.24) is 10.2 Å². The molecule has 2 atom stereocenters. The van der Waals surface area contributed by atoms with Crippen LogP contribution in [0.1, 0.15) is 12.8 Å². The number of hydrogen-bond acceptors (Lipinski definition) is 2. The van der Waals surface area contributed by atoms with Crippen LogP contribution in [-0.4, -0.2) is 43.3 Å². The fourth-order valence-corrected chi connectivity index (χ4v) is 2.03. The van der Waals surface area contributed by atoms with E-state index in [9.17, 15) is 4.39 Å². The van der Waals surface area contributed by atoms with Gasteiger partial charge in [0.15, 0.2) is 0 Å². The van der Waals surface area contributed by atoms with Crippen LogP contribution in [0.4, 0.5) is 4.39 Å². The molecular weight excluding hydrogens is 143 g/mol. The monoisotopic (exact) mass is 158 g/mol. The molecule has 2 aliphatic heterocycles. The number of halogens is 1. The van der Waals surface area contributed by atoms with Crippen molar-refractivity contribution in [2.24, 2.45) is 0 Å². The molecule has 3 heteroatoms. The molecule has 0 aliphatic carbocycles. The van der Waals surface area contributed by atoms with E-state index in [0.717, 1.165) is 26.1 Å². The smallest absolute Gasteiger partial charge is 0.114 e. The molecule has 0 bridgehead atoms. The lowest BCUT2D eigenvalue weighted by Crippen LogP contribution is -2.35. The third-order valence-electron chi connectivity index (χ3n) is 2.71. The summed E-state index contributed by atoms with van der Waals surface area (Å²) in [6.07, 6.45) is 1.39. The van der Waals surface area contributed by atoms with Gasteiger partial charge in [-0.25, -0.2) is 4.39 Å². The third kappa shape index (κ3) is 1.54. The maximum absolute atomic E-state index is 12.8. The van der Waals surface area contributed by atoms with Crippen LogP contribution in [0, 0.1) is 0 Å². The van der Waals surface area contributed by atoms with E-state index in [1.54, 1.807) is 0 Å². The summed E-state index contributed by atoms with van der Waals surface area (Å²) >= 11 is 0. The Morgan fingerprint density at radius 2 is 2.27 bits per heavy atom. The molecule has 2 fully saturated rings. The summed E-state index contributed by atoms with van der Waals surface area (Å²) in [4.78, 5) is 2.28. The maximum Gasteiger partial charge on any atom is 0.114 e. The van der Waals surface area contributed by atoms with Crippen LogP contribution in [0.5, 0.6) is 0 Å². The second-order valence-electron chi connectivity index (χ2n) is 3.53. The van der Waals surface area contributed by atoms with Gasteiger partial charge in [0.2, 0.25) is 0 Å². The highest BCUT2D eigenvalue weighted by atomic mass is 19.1. The molecule has 0 radical (unpaired) electrons. The predicted octanol–water partition coefficient (Wildman–Crippen LogP) is 0.392. The van der Waals surface area contributed by atoms with Crippen molar-refractivity contribution in [1.29, 1.82) is 0 Å². The molecule has 0 amide bonds. The first kappa shape index (κ1) is 7.50. The second kappa shape index (κ2) is 3.07. The summed E-state index contributed by atoms with van der Waals surface area (Å²) in [7, 11) is 0. The molecule has 64 valence electrons. The van der Waals surface area contributed by atoms with Crippen molar-refractivity contribution in [3.05, 3.63) is 0 Å². The molecule has 0 aromatic carbocycles. The van der Waals surface area contributed by atoms with E-state index >= 15 is 0 Å². The third-order valence-corrected chi connectivity index (χ3v) is 2.71. The first-order valence-electron chi connectivity index (χ1n) is 4.45. The Morgan fingerprint density at radius 1 is 1.36 bits per heavy atom. The molecular formula is C8H15FN2. The van der Waals surface area contributed by atoms with Crippen molar-refractivity contribution < 1.29 is 4.39 Å². The Kier molecular flexibility index (Phi) is 2.09. The zero-order valence-electron chi connectivity index (χ0n) is 6.72. The molecule has 2 aliphatic rings. The lowest BCUT2D eigenvalue weighted by Gasteiger charge is -2.21. The molecule has 11 heavy (non-hydrogen) atoms. The quantitative estimate of drug-likeness (QED) is 0.594. The molecule has 2 unspecified atom stereocenters. The van der Waals surface area contributed by atoms with Crippen LogP contribution in [-0.2, 0) is 0 Å². The first-order chi connectivity index (χ1) is 5.36. The van der Waals surface area contributed by atoms with E-state index in [1.165, 1.54) is 6.42 Å². The average Bonchev–Trinajstić information content (AvgIpc) is 2.55. The van der Waals surface area contributed by atoms with Gasteiger partial charge >= 0.3 is 0 Å². The van der Waals surface area contributed by atoms with E-state index in [4.69, 9.17) is 0 Å². The van der Waals surface area contributed by atoms with E-state index < -0.39 is 6.17 Å². The normalized spacial score (nSPS) is 40.1. The van der Waals surface area contributed by atoms with E-state index in [0.29, 0.717) is 12.6 Å². The summed E-state index contributed by atoms with van der Waals surface area (Å²) < 4.78 is 12.8. The van der Waals surface area contributed by atoms with Crippen LogP contribution >= 0.6 is 0 Å². The molecule has 1 N–H and O–H groups in total. The van der Waals surface area contributed by atoms with Crippen molar-refractivity contribution in [2.75, 3.05) is 26.2 Å². The molecule has 0 spiro atoms. The lowest BCUT2D eigenvalue weighted by atomic mass is 10.2. The standard InChI is InChI=1S/C8H15FN2/c9-7-2-4-11(6-7)8-1-3-10-5-8/h7-8,10H,1-6H2. The Bertz CT molecular complexity index is 134. The number of nitrogens with zero attached hydrogens (tertiary/aromatic N) is 1. The first-order valence-corrected chi connectivity index (χ1v) is 4.45. The number of rotatable bonds is 1. The van der Waals surface area contributed by atoms with Crippen LogP contribution < -0.4 is 5.32 Å². The van der Waals surface area contributed by atoms with Crippen LogP contribution in [0.3, 0.4) is 0 Å². The Balaban J connectivity index is 1.85. The Morgan fingerprint density at radius 3 is 2.82 bits per heavy atom. The molecule has 0 aromatic rings. The van der Waals surface area contributed by atoms with E-state index in [1.807, 2.05) is 0 Å². The Labute approximate surface area is 66.8 Å². The summed E-state index contributed by atoms with van der Waals surface area (Å²) in [5.41, 5.74) is 0. The van der Waals surface area contributed by atoms with Gasteiger partial charge in [0, 0.05) is 25.7 Å². The lowest BCUT2D eigenvalue weighted by molar-refractivity contribution is 0.233. The van der Waals surface area contributed by atoms with E-state index in [2.05, 4.69) is 10.2 Å². The van der Waals surface area contributed by atoms with Gasteiger partial charge in [-0.1, -0.05) is 0 Å². The van der Waals surface area contributed by atoms with Gasteiger partial charge in [-0.3, -0.25) is 4.90 Å². The van der Waals surface area contributed by atoms with Gasteiger partial charge in [0.1, 0.15) is 6.17 Å². The summed E-state index contributed by atoms with van der Waals surface area (Å²) in [6, 6.07) is 0.621. The molecule has 2 rings (SSSR count). The van der Waals surface area contributed by atoms with Crippen LogP contribution in [0.15, 0.2) is 0 Å². The Hall–Kier alpha value is -0.150. The second-order valence-corrected chi connectivity index (χ2v) is 3.53. The minimum absolute atomic E-state index is 0.560. The minimum Gasteiger partial charge on any atom is -0.315 e. The van der Waals surface area contributed by atoms with Gasteiger partial charge < -0.3 is 5.32 Å². The highest BCUT2D eigenvalue weighted by molar-refractivity contribution is 4.86. The summed E-state index contributed by atoms with van der Waals surface area (Å²) in [5, 5.41) is 3.30. The zero-order chi connectivity index (χ0) is 7.68. The van der Waals surface area contributed by atoms with Crippen molar-refractivity contribution in [2.45, 2.75) is 25.1 Å². The summed E-state index contributed by atoms with van der Waals surface area (Å²) in [5.74, 6) is 0. The fourth-order valence-electron chi connectivity index (χ4n) is 2.03. The molecule has 2 nitrogen and oxygen atoms in total. The van der Waals surface area contributed by atoms with Gasteiger partial charge in [0.25, 0.3) is 0 Å². The zero-order valence-corrected chi connectivity index (χ0v) is 6.72. The molecule has 0 saturated carbocycles. The number of nitrogens with one attached hydrogen (secondary N) is 1. The molecule has 0 aromatic heterocycles. The largest absolute Gasteiger partial charge is 0.315 e. The van der Waals surface area contributed by atoms with Gasteiger partial charge in [0.05, 0.1) is 0 Å². The van der Waals surface area contributed by atoms with Crippen molar-refractivity contribution >= 4 is 0 Å². The minimum atomic E-state index is -0.560. The maximum atomic E-state index is 12.8. The van der Waals surface area contributed by atoms with Crippen molar-refractivity contribution in [3.8, 4) is 0 Å². The predicted molar refractivity (Wildman–Crippen MR) is 42.4 cm³/mol. The summed E-state index contributed by atoms with van der Waals surface area (Å²) in [6.45, 7) is 3.81. The number of hydrogen-bond donors (Lipinski definition) is 1. The highest BCUT2D eigenvalue weighted by Gasteiger charge is 2.29. The van der Waals surface area contributed by atoms with Crippen molar-refractivity contribution in [3.63, 3.8) is 0 Å². The van der Waals surface area contributed by atoms with Gasteiger partial charge in [-0.2, -0.15) is 0 Å². The number of alkyl halides is 1. The molecule has 2 saturated heterocycles. The topological polar surface area (TPSA) is 15.3 Å². The SMILES string of the molecule is FC1CCN(C2CCNC2)C1. The van der Waals surface area contributed by atoms with Gasteiger partial charge in [-0.05, 0) is 19.4 Å².